The number of carbonyl (C=O) groups excluding carboxylic acids is 1. The van der Waals surface area contributed by atoms with Crippen molar-refractivity contribution in [2.75, 3.05) is 5.73 Å². The van der Waals surface area contributed by atoms with E-state index in [0.717, 1.165) is 5.22 Å². The Morgan fingerprint density at radius 3 is 2.32 bits per heavy atom. The van der Waals surface area contributed by atoms with E-state index in [4.69, 9.17) is 5.73 Å². The topological polar surface area (TPSA) is 72.1 Å². The van der Waals surface area contributed by atoms with Gasteiger partial charge in [-0.05, 0) is 25.0 Å². The molecule has 0 saturated carbocycles. The van der Waals surface area contributed by atoms with E-state index in [1.54, 1.807) is 4.90 Å². The highest BCUT2D eigenvalue weighted by Crippen LogP contribution is 2.22. The first-order valence-electron chi connectivity index (χ1n) is 7.26. The van der Waals surface area contributed by atoms with E-state index in [1.807, 2.05) is 38.1 Å². The number of benzene rings is 1. The van der Waals surface area contributed by atoms with E-state index < -0.39 is 0 Å². The maximum Gasteiger partial charge on any atom is 0.273 e. The molecule has 112 valence electrons. The number of aromatic nitrogens is 2. The summed E-state index contributed by atoms with van der Waals surface area (Å²) in [6.07, 6.45) is 3.69. The predicted octanol–water partition coefficient (Wildman–Crippen LogP) is 0.816. The van der Waals surface area contributed by atoms with E-state index >= 15 is 0 Å². The number of hydrogen-bond donors (Lipinski definition) is 1. The van der Waals surface area contributed by atoms with Crippen LogP contribution in [0.2, 0.25) is 0 Å². The average molecular weight is 294 g/mol. The highest BCUT2D eigenvalue weighted by molar-refractivity contribution is 5.93. The van der Waals surface area contributed by atoms with Crippen molar-refractivity contribution >= 4 is 24.0 Å². The fraction of sp³-hybridized carbons (Fsp3) is 0.235. The van der Waals surface area contributed by atoms with Crippen LogP contribution in [0.1, 0.15) is 35.5 Å². The zero-order valence-electron chi connectivity index (χ0n) is 12.7. The lowest BCUT2D eigenvalue weighted by Crippen LogP contribution is -2.40. The van der Waals surface area contributed by atoms with E-state index in [-0.39, 0.29) is 11.9 Å². The van der Waals surface area contributed by atoms with Crippen LogP contribution < -0.4 is 16.3 Å². The molecule has 1 amide bonds. The molecule has 2 aromatic rings. The van der Waals surface area contributed by atoms with Gasteiger partial charge in [-0.25, -0.2) is 9.97 Å². The number of nitrogens with two attached hydrogens (primary N) is 1. The number of rotatable bonds is 1. The van der Waals surface area contributed by atoms with E-state index in [9.17, 15) is 4.79 Å². The first-order chi connectivity index (χ1) is 10.6. The minimum absolute atomic E-state index is 0.110. The molecule has 0 fully saturated rings. The molecule has 1 aliphatic heterocycles. The summed E-state index contributed by atoms with van der Waals surface area (Å²) in [7, 11) is 0. The lowest BCUT2D eigenvalue weighted by molar-refractivity contribution is 0.0744. The van der Waals surface area contributed by atoms with Gasteiger partial charge in [-0.3, -0.25) is 4.79 Å². The molecule has 0 spiro atoms. The van der Waals surface area contributed by atoms with Crippen LogP contribution >= 0.6 is 0 Å². The lowest BCUT2D eigenvalue weighted by Gasteiger charge is -2.15. The fourth-order valence-corrected chi connectivity index (χ4v) is 2.80. The molecule has 0 atom stereocenters. The Morgan fingerprint density at radius 2 is 1.77 bits per heavy atom. The highest BCUT2D eigenvalue weighted by atomic mass is 16.2. The Kier molecular flexibility index (Phi) is 3.63. The molecule has 0 saturated heterocycles. The van der Waals surface area contributed by atoms with Crippen molar-refractivity contribution in [3.8, 4) is 0 Å². The van der Waals surface area contributed by atoms with Gasteiger partial charge in [-0.15, -0.1) is 0 Å². The predicted molar refractivity (Wildman–Crippen MR) is 86.0 cm³/mol. The van der Waals surface area contributed by atoms with E-state index in [2.05, 4.69) is 22.1 Å². The molecule has 0 radical (unpaired) electrons. The Morgan fingerprint density at radius 1 is 1.14 bits per heavy atom. The molecule has 1 aromatic carbocycles. The smallest absolute Gasteiger partial charge is 0.273 e. The van der Waals surface area contributed by atoms with Crippen LogP contribution in [0.5, 0.6) is 0 Å². The van der Waals surface area contributed by atoms with Crippen LogP contribution in [0.25, 0.3) is 12.2 Å². The first-order valence-corrected chi connectivity index (χ1v) is 7.26. The molecule has 5 nitrogen and oxygen atoms in total. The maximum absolute atomic E-state index is 12.9. The van der Waals surface area contributed by atoms with E-state index in [1.165, 1.54) is 11.1 Å². The third kappa shape index (κ3) is 2.35. The molecular formula is C17H18N4O. The van der Waals surface area contributed by atoms with E-state index in [0.29, 0.717) is 24.1 Å². The van der Waals surface area contributed by atoms with Crippen molar-refractivity contribution in [3.63, 3.8) is 0 Å². The molecule has 3 rings (SSSR count). The van der Waals surface area contributed by atoms with Gasteiger partial charge in [0.15, 0.2) is 0 Å². The molecule has 2 N–H and O–H groups in total. The van der Waals surface area contributed by atoms with Crippen molar-refractivity contribution in [2.45, 2.75) is 26.9 Å². The van der Waals surface area contributed by atoms with Crippen LogP contribution in [-0.2, 0) is 13.1 Å². The van der Waals surface area contributed by atoms with Crippen molar-refractivity contribution in [3.05, 3.63) is 51.7 Å². The highest BCUT2D eigenvalue weighted by Gasteiger charge is 2.25. The van der Waals surface area contributed by atoms with Gasteiger partial charge >= 0.3 is 0 Å². The second-order valence-electron chi connectivity index (χ2n) is 5.24. The molecule has 22 heavy (non-hydrogen) atoms. The minimum Gasteiger partial charge on any atom is -0.368 e. The summed E-state index contributed by atoms with van der Waals surface area (Å²) < 4.78 is 0. The van der Waals surface area contributed by atoms with Crippen LogP contribution in [0, 0.1) is 0 Å². The molecule has 2 heterocycles. The number of nitrogen functional groups attached to an aromatic ring is 1. The van der Waals surface area contributed by atoms with Crippen LogP contribution in [0.4, 0.5) is 5.95 Å². The van der Waals surface area contributed by atoms with Crippen molar-refractivity contribution in [1.82, 2.24) is 14.9 Å². The Balaban J connectivity index is 2.03. The number of anilines is 1. The lowest BCUT2D eigenvalue weighted by atomic mass is 10.1. The van der Waals surface area contributed by atoms with Crippen molar-refractivity contribution in [1.29, 1.82) is 0 Å². The molecular weight excluding hydrogens is 276 g/mol. The fourth-order valence-electron chi connectivity index (χ4n) is 2.80. The maximum atomic E-state index is 12.9. The number of carbonyl (C=O) groups is 1. The van der Waals surface area contributed by atoms with Crippen molar-refractivity contribution in [2.24, 2.45) is 0 Å². The zero-order chi connectivity index (χ0) is 15.7. The summed E-state index contributed by atoms with van der Waals surface area (Å²) in [5, 5.41) is 1.42. The first kappa shape index (κ1) is 14.3. The van der Waals surface area contributed by atoms with Crippen LogP contribution in [0.15, 0.2) is 24.3 Å². The molecule has 0 bridgehead atoms. The van der Waals surface area contributed by atoms with Gasteiger partial charge in [-0.2, -0.15) is 0 Å². The van der Waals surface area contributed by atoms with Crippen molar-refractivity contribution < 1.29 is 4.79 Å². The summed E-state index contributed by atoms with van der Waals surface area (Å²) in [4.78, 5) is 23.0. The summed E-state index contributed by atoms with van der Waals surface area (Å²) in [6.45, 7) is 4.95. The van der Waals surface area contributed by atoms with Gasteiger partial charge in [0.25, 0.3) is 5.91 Å². The summed E-state index contributed by atoms with van der Waals surface area (Å²) in [6, 6.07) is 8.08. The van der Waals surface area contributed by atoms with Gasteiger partial charge < -0.3 is 10.6 Å². The standard InChI is InChI=1S/C17H18N4O/c1-3-13-14(4-2)19-17(18)20-15(13)16(22)21-9-11-7-5-6-8-12(11)10-21/h3-8H,9-10H2,1-2H3,(H2,18,19). The van der Waals surface area contributed by atoms with Gasteiger partial charge in [0.2, 0.25) is 5.95 Å². The summed E-state index contributed by atoms with van der Waals surface area (Å²) in [5.74, 6) is 0.0141. The molecule has 0 unspecified atom stereocenters. The van der Waals surface area contributed by atoms with Gasteiger partial charge in [0.05, 0.1) is 5.35 Å². The van der Waals surface area contributed by atoms with Gasteiger partial charge in [0, 0.05) is 18.3 Å². The number of fused-ring (bicyclic) bond motifs is 1. The quantitative estimate of drug-likeness (QED) is 0.845. The van der Waals surface area contributed by atoms with Gasteiger partial charge in [0.1, 0.15) is 5.69 Å². The number of hydrogen-bond acceptors (Lipinski definition) is 4. The Hall–Kier alpha value is -2.69. The zero-order valence-corrected chi connectivity index (χ0v) is 12.7. The minimum atomic E-state index is -0.110. The normalized spacial score (nSPS) is 15.3. The summed E-state index contributed by atoms with van der Waals surface area (Å²) in [5.41, 5.74) is 8.49. The Bertz CT molecular complexity index is 832. The largest absolute Gasteiger partial charge is 0.368 e. The third-order valence-corrected chi connectivity index (χ3v) is 3.89. The summed E-state index contributed by atoms with van der Waals surface area (Å²) >= 11 is 0. The average Bonchev–Trinajstić information content (AvgIpc) is 2.97. The second-order valence-corrected chi connectivity index (χ2v) is 5.24. The second kappa shape index (κ2) is 5.60. The molecule has 1 aliphatic rings. The SMILES string of the molecule is CC=c1nc(N)nc(C(=O)N2Cc3ccccc3C2)c1=CC. The Labute approximate surface area is 128 Å². The third-order valence-electron chi connectivity index (χ3n) is 3.89. The molecule has 0 aliphatic carbocycles. The monoisotopic (exact) mass is 294 g/mol. The number of amides is 1. The molecule has 1 aromatic heterocycles. The molecule has 5 heteroatoms. The van der Waals surface area contributed by atoms with Gasteiger partial charge in [-0.1, -0.05) is 36.4 Å². The number of nitrogens with zero attached hydrogens (tertiary/aromatic N) is 3. The van der Waals surface area contributed by atoms with Crippen LogP contribution in [-0.4, -0.2) is 20.8 Å². The van der Waals surface area contributed by atoms with Crippen LogP contribution in [0.3, 0.4) is 0 Å².